The summed E-state index contributed by atoms with van der Waals surface area (Å²) in [7, 11) is 0. The molecule has 1 atom stereocenters. The zero-order valence-electron chi connectivity index (χ0n) is 7.19. The fourth-order valence-electron chi connectivity index (χ4n) is 0.759. The molecule has 0 saturated carbocycles. The molecule has 1 aromatic rings. The zero-order valence-corrected chi connectivity index (χ0v) is 7.19. The minimum atomic E-state index is -0.332. The molecular weight excluding hydrogens is 164 g/mol. The molecule has 0 aliphatic rings. The standard InChI is InChI=1S/C10H8N2O/c1-3-8(2)13-10-6-9(7-11)4-5-12-10/h1,4-6,8H,2H3. The molecule has 1 rings (SSSR count). The van der Waals surface area contributed by atoms with Crippen LogP contribution in [0, 0.1) is 23.7 Å². The minimum Gasteiger partial charge on any atom is -0.461 e. The van der Waals surface area contributed by atoms with Crippen LogP contribution in [0.3, 0.4) is 0 Å². The van der Waals surface area contributed by atoms with Crippen LogP contribution in [0.2, 0.25) is 0 Å². The SMILES string of the molecule is C#CC(C)Oc1cc(C#N)ccn1. The molecule has 0 bridgehead atoms. The molecule has 64 valence electrons. The van der Waals surface area contributed by atoms with Crippen molar-refractivity contribution >= 4 is 0 Å². The van der Waals surface area contributed by atoms with E-state index in [0.717, 1.165) is 0 Å². The van der Waals surface area contributed by atoms with Gasteiger partial charge in [-0.1, -0.05) is 5.92 Å². The number of hydrogen-bond donors (Lipinski definition) is 0. The van der Waals surface area contributed by atoms with Crippen LogP contribution < -0.4 is 4.74 Å². The van der Waals surface area contributed by atoms with E-state index in [2.05, 4.69) is 10.9 Å². The van der Waals surface area contributed by atoms with E-state index in [1.165, 1.54) is 6.20 Å². The third-order valence-corrected chi connectivity index (χ3v) is 1.40. The number of aromatic nitrogens is 1. The summed E-state index contributed by atoms with van der Waals surface area (Å²) in [4.78, 5) is 3.91. The molecule has 0 N–H and O–H groups in total. The second-order valence-corrected chi connectivity index (χ2v) is 2.42. The lowest BCUT2D eigenvalue weighted by molar-refractivity contribution is 0.268. The summed E-state index contributed by atoms with van der Waals surface area (Å²) in [5, 5.41) is 8.58. The number of rotatable bonds is 2. The molecule has 0 saturated heterocycles. The van der Waals surface area contributed by atoms with Crippen LogP contribution in [-0.2, 0) is 0 Å². The molecule has 3 nitrogen and oxygen atoms in total. The molecule has 0 radical (unpaired) electrons. The Kier molecular flexibility index (Phi) is 2.89. The summed E-state index contributed by atoms with van der Waals surface area (Å²) in [6.07, 6.45) is 6.30. The third kappa shape index (κ3) is 2.50. The Bertz CT molecular complexity index is 373. The first-order valence-corrected chi connectivity index (χ1v) is 3.75. The molecule has 0 fully saturated rings. The van der Waals surface area contributed by atoms with Crippen LogP contribution in [0.5, 0.6) is 5.88 Å². The second-order valence-electron chi connectivity index (χ2n) is 2.42. The van der Waals surface area contributed by atoms with E-state index in [4.69, 9.17) is 16.4 Å². The largest absolute Gasteiger partial charge is 0.461 e. The number of hydrogen-bond acceptors (Lipinski definition) is 3. The van der Waals surface area contributed by atoms with Crippen molar-refractivity contribution in [3.05, 3.63) is 23.9 Å². The number of pyridine rings is 1. The summed E-state index contributed by atoms with van der Waals surface area (Å²) < 4.78 is 5.21. The van der Waals surface area contributed by atoms with E-state index >= 15 is 0 Å². The first-order chi connectivity index (χ1) is 6.26. The van der Waals surface area contributed by atoms with E-state index in [0.29, 0.717) is 11.4 Å². The highest BCUT2D eigenvalue weighted by atomic mass is 16.5. The Morgan fingerprint density at radius 1 is 1.69 bits per heavy atom. The van der Waals surface area contributed by atoms with E-state index in [-0.39, 0.29) is 6.10 Å². The van der Waals surface area contributed by atoms with Crippen LogP contribution in [0.25, 0.3) is 0 Å². The Morgan fingerprint density at radius 3 is 3.08 bits per heavy atom. The van der Waals surface area contributed by atoms with E-state index in [1.807, 2.05) is 6.07 Å². The molecule has 0 aliphatic heterocycles. The van der Waals surface area contributed by atoms with Gasteiger partial charge in [0, 0.05) is 12.3 Å². The van der Waals surface area contributed by atoms with Crippen LogP contribution in [0.15, 0.2) is 18.3 Å². The number of nitriles is 1. The fraction of sp³-hybridized carbons (Fsp3) is 0.200. The highest BCUT2D eigenvalue weighted by Gasteiger charge is 2.01. The Balaban J connectivity index is 2.80. The molecule has 0 aliphatic carbocycles. The first-order valence-electron chi connectivity index (χ1n) is 3.75. The van der Waals surface area contributed by atoms with Crippen molar-refractivity contribution in [1.82, 2.24) is 4.98 Å². The van der Waals surface area contributed by atoms with E-state index in [9.17, 15) is 0 Å². The van der Waals surface area contributed by atoms with E-state index < -0.39 is 0 Å². The third-order valence-electron chi connectivity index (χ3n) is 1.40. The van der Waals surface area contributed by atoms with Gasteiger partial charge in [-0.15, -0.1) is 6.42 Å². The number of terminal acetylenes is 1. The first kappa shape index (κ1) is 9.09. The van der Waals surface area contributed by atoms with Gasteiger partial charge in [0.2, 0.25) is 5.88 Å². The van der Waals surface area contributed by atoms with Crippen molar-refractivity contribution in [2.24, 2.45) is 0 Å². The Morgan fingerprint density at radius 2 is 2.46 bits per heavy atom. The maximum atomic E-state index is 8.58. The van der Waals surface area contributed by atoms with Gasteiger partial charge in [0.15, 0.2) is 6.10 Å². The molecule has 1 unspecified atom stereocenters. The predicted octanol–water partition coefficient (Wildman–Crippen LogP) is 1.35. The molecule has 3 heteroatoms. The summed E-state index contributed by atoms with van der Waals surface area (Å²) in [6, 6.07) is 5.14. The minimum absolute atomic E-state index is 0.332. The van der Waals surface area contributed by atoms with Gasteiger partial charge in [-0.2, -0.15) is 5.26 Å². The Hall–Kier alpha value is -2.00. The molecular formula is C10H8N2O. The van der Waals surface area contributed by atoms with Crippen molar-refractivity contribution < 1.29 is 4.74 Å². The highest BCUT2D eigenvalue weighted by molar-refractivity contribution is 5.31. The van der Waals surface area contributed by atoms with Gasteiger partial charge in [-0.3, -0.25) is 0 Å². The lowest BCUT2D eigenvalue weighted by Crippen LogP contribution is -2.09. The molecule has 0 aromatic carbocycles. The quantitative estimate of drug-likeness (QED) is 0.632. The number of ether oxygens (including phenoxy) is 1. The van der Waals surface area contributed by atoms with Crippen molar-refractivity contribution in [3.8, 4) is 24.3 Å². The van der Waals surface area contributed by atoms with Crippen molar-refractivity contribution in [1.29, 1.82) is 5.26 Å². The molecule has 1 aromatic heterocycles. The van der Waals surface area contributed by atoms with Gasteiger partial charge in [0.1, 0.15) is 0 Å². The summed E-state index contributed by atoms with van der Waals surface area (Å²) in [5.74, 6) is 2.78. The average Bonchev–Trinajstić information content (AvgIpc) is 2.18. The molecule has 0 amide bonds. The normalized spacial score (nSPS) is 11.0. The summed E-state index contributed by atoms with van der Waals surface area (Å²) in [5.41, 5.74) is 0.509. The Labute approximate surface area is 77.0 Å². The topological polar surface area (TPSA) is 45.9 Å². The fourth-order valence-corrected chi connectivity index (χ4v) is 0.759. The van der Waals surface area contributed by atoms with Gasteiger partial charge < -0.3 is 4.74 Å². The highest BCUT2D eigenvalue weighted by Crippen LogP contribution is 2.09. The van der Waals surface area contributed by atoms with Crippen LogP contribution in [0.1, 0.15) is 12.5 Å². The van der Waals surface area contributed by atoms with Crippen LogP contribution >= 0.6 is 0 Å². The lowest BCUT2D eigenvalue weighted by atomic mass is 10.3. The second kappa shape index (κ2) is 4.13. The van der Waals surface area contributed by atoms with Gasteiger partial charge in [0.25, 0.3) is 0 Å². The van der Waals surface area contributed by atoms with Gasteiger partial charge in [0.05, 0.1) is 11.6 Å². The number of nitrogens with zero attached hydrogens (tertiary/aromatic N) is 2. The van der Waals surface area contributed by atoms with Crippen molar-refractivity contribution in [2.45, 2.75) is 13.0 Å². The van der Waals surface area contributed by atoms with Crippen molar-refractivity contribution in [3.63, 3.8) is 0 Å². The van der Waals surface area contributed by atoms with E-state index in [1.54, 1.807) is 19.1 Å². The molecule has 1 heterocycles. The molecule has 13 heavy (non-hydrogen) atoms. The maximum absolute atomic E-state index is 8.58. The smallest absolute Gasteiger partial charge is 0.215 e. The summed E-state index contributed by atoms with van der Waals surface area (Å²) in [6.45, 7) is 1.74. The van der Waals surface area contributed by atoms with Crippen LogP contribution in [-0.4, -0.2) is 11.1 Å². The average molecular weight is 172 g/mol. The van der Waals surface area contributed by atoms with Gasteiger partial charge in [-0.05, 0) is 13.0 Å². The lowest BCUT2D eigenvalue weighted by Gasteiger charge is -2.06. The monoisotopic (exact) mass is 172 g/mol. The maximum Gasteiger partial charge on any atom is 0.215 e. The molecule has 0 spiro atoms. The zero-order chi connectivity index (χ0) is 9.68. The van der Waals surface area contributed by atoms with Crippen LogP contribution in [0.4, 0.5) is 0 Å². The summed E-state index contributed by atoms with van der Waals surface area (Å²) >= 11 is 0. The van der Waals surface area contributed by atoms with Gasteiger partial charge in [-0.25, -0.2) is 4.98 Å². The predicted molar refractivity (Wildman–Crippen MR) is 47.9 cm³/mol. The van der Waals surface area contributed by atoms with Crippen molar-refractivity contribution in [2.75, 3.05) is 0 Å². The van der Waals surface area contributed by atoms with Gasteiger partial charge >= 0.3 is 0 Å².